The van der Waals surface area contributed by atoms with Gasteiger partial charge in [0.1, 0.15) is 0 Å². The van der Waals surface area contributed by atoms with Gasteiger partial charge in [-0.15, -0.1) is 0 Å². The summed E-state index contributed by atoms with van der Waals surface area (Å²) in [6.45, 7) is 6.27. The predicted molar refractivity (Wildman–Crippen MR) is 62.7 cm³/mol. The van der Waals surface area contributed by atoms with Gasteiger partial charge in [-0.05, 0) is 18.3 Å². The lowest BCUT2D eigenvalue weighted by Gasteiger charge is -2.17. The highest BCUT2D eigenvalue weighted by atomic mass is 32.2. The molecule has 2 N–H and O–H groups in total. The summed E-state index contributed by atoms with van der Waals surface area (Å²) in [6, 6.07) is 0. The fourth-order valence-corrected chi connectivity index (χ4v) is 1.55. The van der Waals surface area contributed by atoms with Crippen LogP contribution in [0.15, 0.2) is 0 Å². The summed E-state index contributed by atoms with van der Waals surface area (Å²) in [5.41, 5.74) is 0.203. The second kappa shape index (κ2) is 6.20. The number of hydrogen-bond donors (Lipinski definition) is 2. The largest absolute Gasteiger partial charge is 0.355 e. The lowest BCUT2D eigenvalue weighted by atomic mass is 9.90. The number of carbonyl (C=O) groups is 1. The Morgan fingerprint density at radius 2 is 1.88 bits per heavy atom. The molecule has 0 fully saturated rings. The third-order valence-corrected chi connectivity index (χ3v) is 2.73. The fourth-order valence-electron chi connectivity index (χ4n) is 1.19. The minimum atomic E-state index is -3.98. The van der Waals surface area contributed by atoms with E-state index in [4.69, 9.17) is 4.55 Å². The molecule has 0 heterocycles. The number of nitrogens with one attached hydrogen (secondary N) is 1. The molecule has 0 rings (SSSR count). The lowest BCUT2D eigenvalue weighted by Crippen LogP contribution is -2.28. The second-order valence-corrected chi connectivity index (χ2v) is 6.62. The van der Waals surface area contributed by atoms with Crippen LogP contribution in [0.25, 0.3) is 0 Å². The van der Waals surface area contributed by atoms with Gasteiger partial charge in [0, 0.05) is 13.0 Å². The second-order valence-electron chi connectivity index (χ2n) is 5.05. The molecule has 0 aliphatic heterocycles. The Bertz CT molecular complexity index is 316. The maximum atomic E-state index is 11.2. The van der Waals surface area contributed by atoms with Crippen molar-refractivity contribution in [2.24, 2.45) is 5.41 Å². The van der Waals surface area contributed by atoms with Crippen molar-refractivity contribution in [1.29, 1.82) is 0 Å². The minimum absolute atomic E-state index is 0.0345. The number of amides is 1. The van der Waals surface area contributed by atoms with E-state index < -0.39 is 15.9 Å². The van der Waals surface area contributed by atoms with Crippen LogP contribution in [0, 0.1) is 5.41 Å². The fraction of sp³-hybridized carbons (Fsp3) is 0.900. The normalized spacial score (nSPS) is 12.5. The van der Waals surface area contributed by atoms with Gasteiger partial charge in [-0.3, -0.25) is 9.35 Å². The molecule has 0 aliphatic rings. The van der Waals surface area contributed by atoms with Gasteiger partial charge in [0.2, 0.25) is 5.91 Å². The van der Waals surface area contributed by atoms with Crippen molar-refractivity contribution in [3.05, 3.63) is 0 Å². The highest BCUT2D eigenvalue weighted by Crippen LogP contribution is 2.21. The standard InChI is InChI=1S/C10H21NO4S/c1-10(2,3)6-4-5-9(12)11-7-8-16(13,14)15/h4-8H2,1-3H3,(H,11,12)(H,13,14,15). The average molecular weight is 251 g/mol. The van der Waals surface area contributed by atoms with Gasteiger partial charge >= 0.3 is 0 Å². The summed E-state index contributed by atoms with van der Waals surface area (Å²) < 4.78 is 29.2. The van der Waals surface area contributed by atoms with E-state index in [2.05, 4.69) is 26.1 Å². The van der Waals surface area contributed by atoms with Gasteiger partial charge in [0.15, 0.2) is 0 Å². The van der Waals surface area contributed by atoms with Crippen molar-refractivity contribution in [1.82, 2.24) is 5.32 Å². The molecule has 0 bridgehead atoms. The van der Waals surface area contributed by atoms with Crippen LogP contribution in [-0.4, -0.2) is 31.2 Å². The molecule has 1 amide bonds. The molecule has 0 spiro atoms. The van der Waals surface area contributed by atoms with Crippen LogP contribution in [0.1, 0.15) is 40.0 Å². The zero-order valence-corrected chi connectivity index (χ0v) is 10.9. The van der Waals surface area contributed by atoms with Crippen molar-refractivity contribution in [3.8, 4) is 0 Å². The highest BCUT2D eigenvalue weighted by Gasteiger charge is 2.11. The van der Waals surface area contributed by atoms with Crippen molar-refractivity contribution < 1.29 is 17.8 Å². The van der Waals surface area contributed by atoms with Gasteiger partial charge in [-0.2, -0.15) is 8.42 Å². The van der Waals surface area contributed by atoms with E-state index in [0.29, 0.717) is 6.42 Å². The Hall–Kier alpha value is -0.620. The summed E-state index contributed by atoms with van der Waals surface area (Å²) in [7, 11) is -3.98. The van der Waals surface area contributed by atoms with Crippen molar-refractivity contribution >= 4 is 16.0 Å². The van der Waals surface area contributed by atoms with Crippen LogP contribution in [0.4, 0.5) is 0 Å². The van der Waals surface area contributed by atoms with Gasteiger partial charge in [-0.25, -0.2) is 0 Å². The van der Waals surface area contributed by atoms with E-state index in [1.165, 1.54) is 0 Å². The van der Waals surface area contributed by atoms with Crippen LogP contribution in [0.2, 0.25) is 0 Å². The van der Waals surface area contributed by atoms with E-state index in [1.807, 2.05) is 0 Å². The number of carbonyl (C=O) groups excluding carboxylic acids is 1. The highest BCUT2D eigenvalue weighted by molar-refractivity contribution is 7.85. The molecule has 0 radical (unpaired) electrons. The maximum absolute atomic E-state index is 11.2. The van der Waals surface area contributed by atoms with Gasteiger partial charge in [0.25, 0.3) is 10.1 Å². The maximum Gasteiger partial charge on any atom is 0.266 e. The van der Waals surface area contributed by atoms with Crippen molar-refractivity contribution in [3.63, 3.8) is 0 Å². The first-order valence-electron chi connectivity index (χ1n) is 5.32. The average Bonchev–Trinajstić information content (AvgIpc) is 1.98. The third kappa shape index (κ3) is 11.5. The molecule has 0 aromatic heterocycles. The quantitative estimate of drug-likeness (QED) is 0.695. The van der Waals surface area contributed by atoms with Gasteiger partial charge < -0.3 is 5.32 Å². The van der Waals surface area contributed by atoms with Gasteiger partial charge in [-0.1, -0.05) is 20.8 Å². The first-order chi connectivity index (χ1) is 7.10. The van der Waals surface area contributed by atoms with Crippen LogP contribution in [-0.2, 0) is 14.9 Å². The minimum Gasteiger partial charge on any atom is -0.355 e. The molecule has 16 heavy (non-hydrogen) atoms. The van der Waals surface area contributed by atoms with Crippen LogP contribution in [0.5, 0.6) is 0 Å². The van der Waals surface area contributed by atoms with E-state index >= 15 is 0 Å². The molecule has 0 saturated heterocycles. The smallest absolute Gasteiger partial charge is 0.266 e. The Morgan fingerprint density at radius 1 is 1.31 bits per heavy atom. The Balaban J connectivity index is 3.61. The summed E-state index contributed by atoms with van der Waals surface area (Å²) in [5.74, 6) is -0.606. The SMILES string of the molecule is CC(C)(C)CCCC(=O)NCCS(=O)(=O)O. The molecule has 0 saturated carbocycles. The zero-order chi connectivity index (χ0) is 12.8. The molecule has 96 valence electrons. The Labute approximate surface area is 97.4 Å². The monoisotopic (exact) mass is 251 g/mol. The molecule has 0 aromatic carbocycles. The molecular formula is C10H21NO4S. The summed E-state index contributed by atoms with van der Waals surface area (Å²) in [4.78, 5) is 11.2. The molecule has 0 aromatic rings. The van der Waals surface area contributed by atoms with Crippen molar-refractivity contribution in [2.75, 3.05) is 12.3 Å². The lowest BCUT2D eigenvalue weighted by molar-refractivity contribution is -0.121. The topological polar surface area (TPSA) is 83.5 Å². The molecule has 5 nitrogen and oxygen atoms in total. The van der Waals surface area contributed by atoms with E-state index in [-0.39, 0.29) is 17.9 Å². The van der Waals surface area contributed by atoms with Crippen LogP contribution < -0.4 is 5.32 Å². The third-order valence-electron chi connectivity index (χ3n) is 2.01. The number of hydrogen-bond acceptors (Lipinski definition) is 3. The van der Waals surface area contributed by atoms with Crippen LogP contribution >= 0.6 is 0 Å². The molecular weight excluding hydrogens is 230 g/mol. The van der Waals surface area contributed by atoms with E-state index in [1.54, 1.807) is 0 Å². The Morgan fingerprint density at radius 3 is 2.31 bits per heavy atom. The zero-order valence-electron chi connectivity index (χ0n) is 10.1. The molecule has 0 aliphatic carbocycles. The number of rotatable bonds is 6. The predicted octanol–water partition coefficient (Wildman–Crippen LogP) is 1.21. The summed E-state index contributed by atoms with van der Waals surface area (Å²) in [5, 5.41) is 2.45. The molecule has 0 unspecified atom stereocenters. The molecule has 0 atom stereocenters. The van der Waals surface area contributed by atoms with Crippen LogP contribution in [0.3, 0.4) is 0 Å². The summed E-state index contributed by atoms with van der Waals surface area (Å²) >= 11 is 0. The first kappa shape index (κ1) is 15.4. The molecule has 6 heteroatoms. The Kier molecular flexibility index (Phi) is 5.96. The van der Waals surface area contributed by atoms with E-state index in [0.717, 1.165) is 12.8 Å². The summed E-state index contributed by atoms with van der Waals surface area (Å²) in [6.07, 6.45) is 2.11. The first-order valence-corrected chi connectivity index (χ1v) is 6.93. The van der Waals surface area contributed by atoms with Crippen molar-refractivity contribution in [2.45, 2.75) is 40.0 Å². The van der Waals surface area contributed by atoms with Gasteiger partial charge in [0.05, 0.1) is 5.75 Å². The van der Waals surface area contributed by atoms with E-state index in [9.17, 15) is 13.2 Å².